The second kappa shape index (κ2) is 5.16. The first-order valence-electron chi connectivity index (χ1n) is 5.78. The van der Waals surface area contributed by atoms with Gasteiger partial charge < -0.3 is 15.4 Å². The molecule has 1 atom stereocenters. The first kappa shape index (κ1) is 11.2. The van der Waals surface area contributed by atoms with Gasteiger partial charge in [0.05, 0.1) is 24.5 Å². The molecule has 16 heavy (non-hydrogen) atoms. The lowest BCUT2D eigenvalue weighted by atomic mass is 10.0. The summed E-state index contributed by atoms with van der Waals surface area (Å²) in [5.74, 6) is 1.01. The smallest absolute Gasteiger partial charge is 0.128 e. The second-order valence-corrected chi connectivity index (χ2v) is 4.25. The third-order valence-corrected chi connectivity index (χ3v) is 3.05. The zero-order chi connectivity index (χ0) is 11.4. The van der Waals surface area contributed by atoms with Crippen molar-refractivity contribution in [2.24, 2.45) is 0 Å². The maximum atomic E-state index is 5.64. The number of anilines is 2. The monoisotopic (exact) mass is 221 g/mol. The molecule has 0 unspecified atom stereocenters. The summed E-state index contributed by atoms with van der Waals surface area (Å²) in [5, 5.41) is 0. The summed E-state index contributed by atoms with van der Waals surface area (Å²) in [7, 11) is 1.75. The summed E-state index contributed by atoms with van der Waals surface area (Å²) in [6.45, 7) is 1.83. The zero-order valence-electron chi connectivity index (χ0n) is 9.72. The van der Waals surface area contributed by atoms with E-state index in [9.17, 15) is 0 Å². The fraction of sp³-hybridized carbons (Fsp3) is 0.583. The van der Waals surface area contributed by atoms with E-state index in [-0.39, 0.29) is 0 Å². The van der Waals surface area contributed by atoms with E-state index < -0.39 is 0 Å². The summed E-state index contributed by atoms with van der Waals surface area (Å²) in [6.07, 6.45) is 5.40. The van der Waals surface area contributed by atoms with Gasteiger partial charge in [0.25, 0.3) is 0 Å². The predicted molar refractivity (Wildman–Crippen MR) is 65.5 cm³/mol. The predicted octanol–water partition coefficient (Wildman–Crippen LogP) is 1.67. The van der Waals surface area contributed by atoms with Gasteiger partial charge in [0, 0.05) is 13.7 Å². The van der Waals surface area contributed by atoms with Crippen LogP contribution in [0.15, 0.2) is 18.3 Å². The largest absolute Gasteiger partial charge is 0.397 e. The maximum absolute atomic E-state index is 5.64. The van der Waals surface area contributed by atoms with E-state index in [0.29, 0.717) is 11.7 Å². The molecular weight excluding hydrogens is 202 g/mol. The average Bonchev–Trinajstić information content (AvgIpc) is 2.32. The van der Waals surface area contributed by atoms with Crippen molar-refractivity contribution in [3.8, 4) is 0 Å². The van der Waals surface area contributed by atoms with Crippen LogP contribution in [0, 0.1) is 0 Å². The Kier molecular flexibility index (Phi) is 3.62. The normalized spacial score (nSPS) is 21.1. The number of aromatic nitrogens is 1. The minimum Gasteiger partial charge on any atom is -0.397 e. The van der Waals surface area contributed by atoms with Gasteiger partial charge in [0.1, 0.15) is 5.82 Å². The minimum atomic E-state index is 0.454. The van der Waals surface area contributed by atoms with Gasteiger partial charge in [-0.05, 0) is 31.4 Å². The molecule has 2 heterocycles. The van der Waals surface area contributed by atoms with Crippen LogP contribution in [0.2, 0.25) is 0 Å². The van der Waals surface area contributed by atoms with Gasteiger partial charge in [-0.25, -0.2) is 4.98 Å². The second-order valence-electron chi connectivity index (χ2n) is 4.25. The molecule has 4 heteroatoms. The van der Waals surface area contributed by atoms with E-state index in [0.717, 1.165) is 19.0 Å². The summed E-state index contributed by atoms with van der Waals surface area (Å²) >= 11 is 0. The van der Waals surface area contributed by atoms with Crippen molar-refractivity contribution >= 4 is 11.5 Å². The summed E-state index contributed by atoms with van der Waals surface area (Å²) < 4.78 is 5.26. The van der Waals surface area contributed by atoms with Gasteiger partial charge in [-0.15, -0.1) is 0 Å². The van der Waals surface area contributed by atoms with Gasteiger partial charge in [0.15, 0.2) is 0 Å². The van der Waals surface area contributed by atoms with Gasteiger partial charge in [0.2, 0.25) is 0 Å². The Balaban J connectivity index is 2.13. The van der Waals surface area contributed by atoms with Gasteiger partial charge in [-0.1, -0.05) is 0 Å². The van der Waals surface area contributed by atoms with Crippen LogP contribution < -0.4 is 10.6 Å². The highest BCUT2D eigenvalue weighted by atomic mass is 16.5. The maximum Gasteiger partial charge on any atom is 0.128 e. The molecule has 1 aliphatic heterocycles. The van der Waals surface area contributed by atoms with E-state index in [1.165, 1.54) is 19.3 Å². The molecule has 1 aliphatic rings. The highest BCUT2D eigenvalue weighted by molar-refractivity contribution is 5.46. The van der Waals surface area contributed by atoms with Crippen molar-refractivity contribution in [1.82, 2.24) is 4.98 Å². The number of methoxy groups -OCH3 is 1. The molecule has 1 saturated heterocycles. The molecule has 88 valence electrons. The average molecular weight is 221 g/mol. The fourth-order valence-corrected chi connectivity index (χ4v) is 2.24. The van der Waals surface area contributed by atoms with Crippen LogP contribution >= 0.6 is 0 Å². The first-order chi connectivity index (χ1) is 7.81. The van der Waals surface area contributed by atoms with Crippen molar-refractivity contribution in [3.63, 3.8) is 0 Å². The van der Waals surface area contributed by atoms with Gasteiger partial charge in [-0.3, -0.25) is 0 Å². The van der Waals surface area contributed by atoms with E-state index in [4.69, 9.17) is 10.5 Å². The summed E-state index contributed by atoms with van der Waals surface area (Å²) in [6, 6.07) is 4.35. The number of pyridine rings is 1. The molecule has 0 saturated carbocycles. The Morgan fingerprint density at radius 1 is 1.50 bits per heavy atom. The topological polar surface area (TPSA) is 51.4 Å². The Hall–Kier alpha value is -1.29. The quantitative estimate of drug-likeness (QED) is 0.843. The van der Waals surface area contributed by atoms with Gasteiger partial charge in [-0.2, -0.15) is 0 Å². The minimum absolute atomic E-state index is 0.454. The fourth-order valence-electron chi connectivity index (χ4n) is 2.24. The highest BCUT2D eigenvalue weighted by Crippen LogP contribution is 2.23. The Labute approximate surface area is 96.4 Å². The van der Waals surface area contributed by atoms with E-state index in [1.54, 1.807) is 13.3 Å². The Morgan fingerprint density at radius 3 is 3.06 bits per heavy atom. The standard InChI is InChI=1S/C12H19N3O/c1-16-9-11-4-2-3-7-15(11)12-6-5-10(13)8-14-12/h5-6,8,11H,2-4,7,9,13H2,1H3/t11-/m1/s1. The van der Waals surface area contributed by atoms with Crippen LogP contribution in [0.1, 0.15) is 19.3 Å². The molecule has 0 spiro atoms. The lowest BCUT2D eigenvalue weighted by Crippen LogP contribution is -2.42. The van der Waals surface area contributed by atoms with E-state index >= 15 is 0 Å². The molecule has 0 radical (unpaired) electrons. The SMILES string of the molecule is COC[C@H]1CCCCN1c1ccc(N)cn1. The van der Waals surface area contributed by atoms with E-state index in [2.05, 4.69) is 9.88 Å². The Morgan fingerprint density at radius 2 is 2.38 bits per heavy atom. The molecule has 0 amide bonds. The molecule has 4 nitrogen and oxygen atoms in total. The molecular formula is C12H19N3O. The van der Waals surface area contributed by atoms with E-state index in [1.807, 2.05) is 12.1 Å². The molecule has 0 aromatic carbocycles. The van der Waals surface area contributed by atoms with Gasteiger partial charge >= 0.3 is 0 Å². The number of piperidine rings is 1. The van der Waals surface area contributed by atoms with Crippen molar-refractivity contribution in [2.45, 2.75) is 25.3 Å². The van der Waals surface area contributed by atoms with Crippen molar-refractivity contribution in [1.29, 1.82) is 0 Å². The molecule has 0 aliphatic carbocycles. The number of nitrogens with zero attached hydrogens (tertiary/aromatic N) is 2. The van der Waals surface area contributed by atoms with Crippen molar-refractivity contribution in [2.75, 3.05) is 30.9 Å². The highest BCUT2D eigenvalue weighted by Gasteiger charge is 2.23. The Bertz CT molecular complexity index is 324. The lowest BCUT2D eigenvalue weighted by Gasteiger charge is -2.36. The first-order valence-corrected chi connectivity index (χ1v) is 5.78. The molecule has 2 rings (SSSR count). The van der Waals surface area contributed by atoms with Crippen molar-refractivity contribution < 1.29 is 4.74 Å². The van der Waals surface area contributed by atoms with Crippen LogP contribution in [0.5, 0.6) is 0 Å². The number of nitrogens with two attached hydrogens (primary N) is 1. The third-order valence-electron chi connectivity index (χ3n) is 3.05. The third kappa shape index (κ3) is 2.44. The molecule has 1 fully saturated rings. The number of hydrogen-bond acceptors (Lipinski definition) is 4. The summed E-state index contributed by atoms with van der Waals surface area (Å²) in [4.78, 5) is 6.71. The molecule has 1 aromatic rings. The van der Waals surface area contributed by atoms with Crippen LogP contribution in [-0.2, 0) is 4.74 Å². The number of rotatable bonds is 3. The van der Waals surface area contributed by atoms with Crippen LogP contribution in [-0.4, -0.2) is 31.3 Å². The van der Waals surface area contributed by atoms with Crippen LogP contribution in [0.25, 0.3) is 0 Å². The van der Waals surface area contributed by atoms with Crippen molar-refractivity contribution in [3.05, 3.63) is 18.3 Å². The molecule has 2 N–H and O–H groups in total. The lowest BCUT2D eigenvalue weighted by molar-refractivity contribution is 0.166. The zero-order valence-corrected chi connectivity index (χ0v) is 9.72. The number of ether oxygens (including phenoxy) is 1. The number of nitrogen functional groups attached to an aromatic ring is 1. The molecule has 1 aromatic heterocycles. The summed E-state index contributed by atoms with van der Waals surface area (Å²) in [5.41, 5.74) is 6.36. The molecule has 0 bridgehead atoms. The number of hydrogen-bond donors (Lipinski definition) is 1. The van der Waals surface area contributed by atoms with Crippen LogP contribution in [0.4, 0.5) is 11.5 Å². The van der Waals surface area contributed by atoms with Crippen LogP contribution in [0.3, 0.4) is 0 Å².